The first-order valence-electron chi connectivity index (χ1n) is 5.12. The maximum Gasteiger partial charge on any atom is 0.0534 e. The zero-order valence-corrected chi connectivity index (χ0v) is 9.25. The highest BCUT2D eigenvalue weighted by molar-refractivity contribution is 5.32. The Labute approximate surface area is 87.4 Å². The fourth-order valence-electron chi connectivity index (χ4n) is 1.88. The van der Waals surface area contributed by atoms with Gasteiger partial charge in [-0.15, -0.1) is 6.42 Å². The molecule has 1 unspecified atom stereocenters. The normalized spacial score (nSPS) is 14.8. The first-order valence-corrected chi connectivity index (χ1v) is 5.12. The molecule has 0 aliphatic heterocycles. The molecule has 0 saturated heterocycles. The van der Waals surface area contributed by atoms with Crippen molar-refractivity contribution in [2.75, 3.05) is 0 Å². The number of terminal acetylenes is 1. The van der Waals surface area contributed by atoms with Crippen LogP contribution in [-0.4, -0.2) is 0 Å². The summed E-state index contributed by atoms with van der Waals surface area (Å²) in [4.78, 5) is 0. The van der Waals surface area contributed by atoms with Crippen LogP contribution in [0.2, 0.25) is 0 Å². The van der Waals surface area contributed by atoms with E-state index < -0.39 is 0 Å². The molecule has 0 nitrogen and oxygen atoms in total. The van der Waals surface area contributed by atoms with Gasteiger partial charge in [-0.1, -0.05) is 50.1 Å². The van der Waals surface area contributed by atoms with Gasteiger partial charge in [0.15, 0.2) is 0 Å². The Morgan fingerprint density at radius 3 is 2.29 bits per heavy atom. The minimum Gasteiger partial charge on any atom is -0.119 e. The van der Waals surface area contributed by atoms with E-state index in [0.717, 1.165) is 6.42 Å². The maximum atomic E-state index is 5.64. The summed E-state index contributed by atoms with van der Waals surface area (Å²) in [5.74, 6) is 3.55. The lowest BCUT2D eigenvalue weighted by Gasteiger charge is -2.26. The van der Waals surface area contributed by atoms with E-state index >= 15 is 0 Å². The zero-order chi connectivity index (χ0) is 10.6. The van der Waals surface area contributed by atoms with E-state index in [0.29, 0.717) is 5.92 Å². The summed E-state index contributed by atoms with van der Waals surface area (Å²) in [5, 5.41) is 0. The molecule has 0 radical (unpaired) electrons. The molecule has 1 atom stereocenters. The largest absolute Gasteiger partial charge is 0.119 e. The molecule has 1 rings (SSSR count). The molecular weight excluding hydrogens is 168 g/mol. The van der Waals surface area contributed by atoms with Crippen LogP contribution in [0, 0.1) is 18.3 Å². The van der Waals surface area contributed by atoms with Gasteiger partial charge in [-0.05, 0) is 24.8 Å². The molecule has 0 bridgehead atoms. The molecule has 0 heterocycles. The summed E-state index contributed by atoms with van der Waals surface area (Å²) < 4.78 is 0. The number of rotatable bonds is 3. The predicted octanol–water partition coefficient (Wildman–Crippen LogP) is 3.62. The van der Waals surface area contributed by atoms with Crippen LogP contribution in [0.4, 0.5) is 0 Å². The Morgan fingerprint density at radius 1 is 1.29 bits per heavy atom. The number of hydrogen-bond donors (Lipinski definition) is 0. The third kappa shape index (κ3) is 2.39. The summed E-state index contributed by atoms with van der Waals surface area (Å²) in [6.45, 7) is 6.55. The van der Waals surface area contributed by atoms with Crippen molar-refractivity contribution in [3.63, 3.8) is 0 Å². The van der Waals surface area contributed by atoms with Crippen LogP contribution in [-0.2, 0) is 5.41 Å². The zero-order valence-electron chi connectivity index (χ0n) is 9.25. The Balaban J connectivity index is 2.98. The molecule has 0 heteroatoms. The minimum absolute atomic E-state index is 0.116. The van der Waals surface area contributed by atoms with E-state index in [-0.39, 0.29) is 5.41 Å². The molecule has 1 aromatic carbocycles. The third-order valence-electron chi connectivity index (χ3n) is 2.55. The van der Waals surface area contributed by atoms with Crippen LogP contribution in [0.25, 0.3) is 0 Å². The quantitative estimate of drug-likeness (QED) is 0.632. The Hall–Kier alpha value is -1.22. The lowest BCUT2D eigenvalue weighted by Crippen LogP contribution is -2.21. The van der Waals surface area contributed by atoms with E-state index in [1.807, 2.05) is 18.2 Å². The van der Waals surface area contributed by atoms with Gasteiger partial charge in [0.1, 0.15) is 0 Å². The smallest absolute Gasteiger partial charge is 0.0534 e. The molecule has 0 aliphatic carbocycles. The molecule has 0 fully saturated rings. The second-order valence-corrected chi connectivity index (χ2v) is 4.44. The lowest BCUT2D eigenvalue weighted by molar-refractivity contribution is 0.453. The molecule has 0 aromatic heterocycles. The van der Waals surface area contributed by atoms with Crippen molar-refractivity contribution in [3.8, 4) is 12.3 Å². The van der Waals surface area contributed by atoms with Crippen LogP contribution < -0.4 is 0 Å². The van der Waals surface area contributed by atoms with Gasteiger partial charge in [0, 0.05) is 0 Å². The van der Waals surface area contributed by atoms with Gasteiger partial charge in [-0.2, -0.15) is 0 Å². The summed E-state index contributed by atoms with van der Waals surface area (Å²) in [6, 6.07) is 10.3. The standard InChI is InChI=1S/C14H18/c1-5-14(4,11-12(2)3)13-9-7-6-8-10-13/h1,6-10,12H,11H2,2-4H3. The van der Waals surface area contributed by atoms with Crippen LogP contribution in [0.15, 0.2) is 30.3 Å². The van der Waals surface area contributed by atoms with Crippen molar-refractivity contribution in [1.29, 1.82) is 0 Å². The summed E-state index contributed by atoms with van der Waals surface area (Å²) in [6.07, 6.45) is 6.67. The summed E-state index contributed by atoms with van der Waals surface area (Å²) in [7, 11) is 0. The van der Waals surface area contributed by atoms with Gasteiger partial charge in [0.05, 0.1) is 5.41 Å². The highest BCUT2D eigenvalue weighted by atomic mass is 14.3. The average molecular weight is 186 g/mol. The first-order chi connectivity index (χ1) is 6.58. The lowest BCUT2D eigenvalue weighted by atomic mass is 9.77. The van der Waals surface area contributed by atoms with E-state index in [1.54, 1.807) is 0 Å². The molecule has 14 heavy (non-hydrogen) atoms. The first kappa shape index (κ1) is 10.9. The van der Waals surface area contributed by atoms with Crippen molar-refractivity contribution in [3.05, 3.63) is 35.9 Å². The van der Waals surface area contributed by atoms with Gasteiger partial charge in [-0.3, -0.25) is 0 Å². The monoisotopic (exact) mass is 186 g/mol. The molecular formula is C14H18. The van der Waals surface area contributed by atoms with E-state index in [4.69, 9.17) is 6.42 Å². The number of benzene rings is 1. The molecule has 0 aliphatic rings. The molecule has 0 N–H and O–H groups in total. The molecule has 1 aromatic rings. The minimum atomic E-state index is -0.116. The van der Waals surface area contributed by atoms with Crippen molar-refractivity contribution >= 4 is 0 Å². The van der Waals surface area contributed by atoms with Crippen LogP contribution in [0.3, 0.4) is 0 Å². The Bertz CT molecular complexity index is 316. The maximum absolute atomic E-state index is 5.64. The van der Waals surface area contributed by atoms with E-state index in [2.05, 4.69) is 38.8 Å². The van der Waals surface area contributed by atoms with Crippen molar-refractivity contribution in [2.45, 2.75) is 32.6 Å². The highest BCUT2D eigenvalue weighted by Gasteiger charge is 2.24. The van der Waals surface area contributed by atoms with E-state index in [1.165, 1.54) is 5.56 Å². The number of hydrogen-bond acceptors (Lipinski definition) is 0. The molecule has 0 saturated carbocycles. The van der Waals surface area contributed by atoms with Crippen LogP contribution >= 0.6 is 0 Å². The van der Waals surface area contributed by atoms with Crippen molar-refractivity contribution in [2.24, 2.45) is 5.92 Å². The third-order valence-corrected chi connectivity index (χ3v) is 2.55. The summed E-state index contributed by atoms with van der Waals surface area (Å²) in [5.41, 5.74) is 1.13. The second-order valence-electron chi connectivity index (χ2n) is 4.44. The predicted molar refractivity (Wildman–Crippen MR) is 62.1 cm³/mol. The Morgan fingerprint density at radius 2 is 1.86 bits per heavy atom. The molecule has 0 amide bonds. The topological polar surface area (TPSA) is 0 Å². The van der Waals surface area contributed by atoms with Gasteiger partial charge >= 0.3 is 0 Å². The Kier molecular flexibility index (Phi) is 3.36. The van der Waals surface area contributed by atoms with Gasteiger partial charge < -0.3 is 0 Å². The van der Waals surface area contributed by atoms with Crippen molar-refractivity contribution in [1.82, 2.24) is 0 Å². The highest BCUT2D eigenvalue weighted by Crippen LogP contribution is 2.29. The second kappa shape index (κ2) is 4.33. The van der Waals surface area contributed by atoms with Crippen molar-refractivity contribution < 1.29 is 0 Å². The van der Waals surface area contributed by atoms with Crippen LogP contribution in [0.1, 0.15) is 32.8 Å². The fraction of sp³-hybridized carbons (Fsp3) is 0.429. The fourth-order valence-corrected chi connectivity index (χ4v) is 1.88. The molecule has 74 valence electrons. The van der Waals surface area contributed by atoms with Gasteiger partial charge in [-0.25, -0.2) is 0 Å². The van der Waals surface area contributed by atoms with E-state index in [9.17, 15) is 0 Å². The summed E-state index contributed by atoms with van der Waals surface area (Å²) >= 11 is 0. The molecule has 0 spiro atoms. The van der Waals surface area contributed by atoms with Crippen LogP contribution in [0.5, 0.6) is 0 Å². The SMILES string of the molecule is C#CC(C)(CC(C)C)c1ccccc1. The van der Waals surface area contributed by atoms with Gasteiger partial charge in [0.2, 0.25) is 0 Å². The average Bonchev–Trinajstić information content (AvgIpc) is 2.18. The van der Waals surface area contributed by atoms with Gasteiger partial charge in [0.25, 0.3) is 0 Å².